The van der Waals surface area contributed by atoms with Crippen LogP contribution < -0.4 is 5.32 Å². The maximum atomic E-state index is 12.4. The Bertz CT molecular complexity index is 1140. The standard InChI is InChI=1S/C23H21N3O2S/c1-15-7-9-18(10-8-15)22-25-26-23(28-22)29-14-21(27)24-16(2)19-12-11-17-5-3-4-6-20(17)13-19/h3-13,16H,14H2,1-2H3,(H,24,27). The zero-order valence-corrected chi connectivity index (χ0v) is 17.1. The molecule has 5 nitrogen and oxygen atoms in total. The number of amides is 1. The average Bonchev–Trinajstić information content (AvgIpc) is 3.21. The molecule has 0 saturated heterocycles. The molecule has 4 rings (SSSR count). The van der Waals surface area contributed by atoms with E-state index in [1.54, 1.807) is 0 Å². The van der Waals surface area contributed by atoms with Gasteiger partial charge in [-0.2, -0.15) is 0 Å². The molecule has 0 bridgehead atoms. The molecule has 0 fully saturated rings. The lowest BCUT2D eigenvalue weighted by Gasteiger charge is -2.14. The molecule has 1 atom stereocenters. The van der Waals surface area contributed by atoms with Gasteiger partial charge in [-0.05, 0) is 48.4 Å². The molecule has 1 heterocycles. The summed E-state index contributed by atoms with van der Waals surface area (Å²) in [5.74, 6) is 0.594. The van der Waals surface area contributed by atoms with Crippen LogP contribution in [-0.4, -0.2) is 21.9 Å². The number of thioether (sulfide) groups is 1. The van der Waals surface area contributed by atoms with E-state index in [1.165, 1.54) is 22.7 Å². The van der Waals surface area contributed by atoms with Crippen LogP contribution in [0.3, 0.4) is 0 Å². The number of hydrogen-bond donors (Lipinski definition) is 1. The number of hydrogen-bond acceptors (Lipinski definition) is 5. The molecule has 29 heavy (non-hydrogen) atoms. The normalized spacial score (nSPS) is 12.1. The number of nitrogens with zero attached hydrogens (tertiary/aromatic N) is 2. The first kappa shape index (κ1) is 19.2. The van der Waals surface area contributed by atoms with E-state index in [-0.39, 0.29) is 17.7 Å². The van der Waals surface area contributed by atoms with Gasteiger partial charge < -0.3 is 9.73 Å². The minimum absolute atomic E-state index is 0.0780. The van der Waals surface area contributed by atoms with Gasteiger partial charge in [0, 0.05) is 5.56 Å². The average molecular weight is 404 g/mol. The SMILES string of the molecule is Cc1ccc(-c2nnc(SCC(=O)NC(C)c3ccc4ccccc4c3)o2)cc1. The predicted octanol–water partition coefficient (Wildman–Crippen LogP) is 5.17. The fraction of sp³-hybridized carbons (Fsp3) is 0.174. The van der Waals surface area contributed by atoms with Gasteiger partial charge >= 0.3 is 0 Å². The molecule has 0 aliphatic rings. The van der Waals surface area contributed by atoms with Gasteiger partial charge in [0.05, 0.1) is 11.8 Å². The molecule has 4 aromatic rings. The zero-order valence-electron chi connectivity index (χ0n) is 16.3. The number of aryl methyl sites for hydroxylation is 1. The second-order valence-electron chi connectivity index (χ2n) is 6.92. The van der Waals surface area contributed by atoms with Gasteiger partial charge in [0.15, 0.2) is 0 Å². The van der Waals surface area contributed by atoms with E-state index in [4.69, 9.17) is 4.42 Å². The van der Waals surface area contributed by atoms with Crippen molar-refractivity contribution >= 4 is 28.4 Å². The lowest BCUT2D eigenvalue weighted by molar-refractivity contribution is -0.119. The molecule has 1 aromatic heterocycles. The van der Waals surface area contributed by atoms with Crippen molar-refractivity contribution in [2.75, 3.05) is 5.75 Å². The molecule has 1 N–H and O–H groups in total. The van der Waals surface area contributed by atoms with E-state index in [9.17, 15) is 4.79 Å². The molecular formula is C23H21N3O2S. The zero-order chi connectivity index (χ0) is 20.2. The molecule has 0 spiro atoms. The lowest BCUT2D eigenvalue weighted by Crippen LogP contribution is -2.28. The minimum atomic E-state index is -0.0847. The van der Waals surface area contributed by atoms with Gasteiger partial charge in [0.1, 0.15) is 0 Å². The first-order valence-corrected chi connectivity index (χ1v) is 10.4. The molecule has 0 radical (unpaired) electrons. The van der Waals surface area contributed by atoms with E-state index in [1.807, 2.05) is 56.3 Å². The summed E-state index contributed by atoms with van der Waals surface area (Å²) in [6, 6.07) is 22.2. The highest BCUT2D eigenvalue weighted by Crippen LogP contribution is 2.24. The number of aromatic nitrogens is 2. The highest BCUT2D eigenvalue weighted by atomic mass is 32.2. The highest BCUT2D eigenvalue weighted by Gasteiger charge is 2.14. The molecule has 0 aliphatic heterocycles. The molecular weight excluding hydrogens is 382 g/mol. The van der Waals surface area contributed by atoms with Gasteiger partial charge in [0.2, 0.25) is 11.8 Å². The first-order valence-electron chi connectivity index (χ1n) is 9.40. The van der Waals surface area contributed by atoms with Crippen LogP contribution in [0.15, 0.2) is 76.4 Å². The molecule has 1 unspecified atom stereocenters. The highest BCUT2D eigenvalue weighted by molar-refractivity contribution is 7.99. The Labute approximate surface area is 173 Å². The fourth-order valence-corrected chi connectivity index (χ4v) is 3.63. The molecule has 146 valence electrons. The molecule has 6 heteroatoms. The lowest BCUT2D eigenvalue weighted by atomic mass is 10.0. The summed E-state index contributed by atoms with van der Waals surface area (Å²) in [5, 5.41) is 13.8. The number of rotatable bonds is 6. The monoisotopic (exact) mass is 403 g/mol. The van der Waals surface area contributed by atoms with Gasteiger partial charge in [-0.3, -0.25) is 4.79 Å². The molecule has 3 aromatic carbocycles. The molecule has 0 saturated carbocycles. The number of carbonyl (C=O) groups excluding carboxylic acids is 1. The molecule has 0 aliphatic carbocycles. The van der Waals surface area contributed by atoms with Crippen molar-refractivity contribution in [3.05, 3.63) is 77.9 Å². The molecule has 1 amide bonds. The van der Waals surface area contributed by atoms with Crippen LogP contribution in [0.1, 0.15) is 24.1 Å². The largest absolute Gasteiger partial charge is 0.411 e. The van der Waals surface area contributed by atoms with Crippen LogP contribution in [0.2, 0.25) is 0 Å². The topological polar surface area (TPSA) is 68.0 Å². The summed E-state index contributed by atoms with van der Waals surface area (Å²) < 4.78 is 5.66. The van der Waals surface area contributed by atoms with Crippen LogP contribution >= 0.6 is 11.8 Å². The van der Waals surface area contributed by atoms with Crippen LogP contribution in [-0.2, 0) is 4.79 Å². The Morgan fingerprint density at radius 2 is 1.79 bits per heavy atom. The van der Waals surface area contributed by atoms with Crippen molar-refractivity contribution in [1.82, 2.24) is 15.5 Å². The van der Waals surface area contributed by atoms with Crippen LogP contribution in [0.4, 0.5) is 0 Å². The number of nitrogens with one attached hydrogen (secondary N) is 1. The van der Waals surface area contributed by atoms with Crippen molar-refractivity contribution in [2.45, 2.75) is 25.1 Å². The third-order valence-electron chi connectivity index (χ3n) is 4.68. The van der Waals surface area contributed by atoms with E-state index in [0.29, 0.717) is 11.1 Å². The van der Waals surface area contributed by atoms with Gasteiger partial charge in [0.25, 0.3) is 5.22 Å². The summed E-state index contributed by atoms with van der Waals surface area (Å²) in [6.07, 6.45) is 0. The Morgan fingerprint density at radius 3 is 2.59 bits per heavy atom. The van der Waals surface area contributed by atoms with Crippen molar-refractivity contribution < 1.29 is 9.21 Å². The Morgan fingerprint density at radius 1 is 1.03 bits per heavy atom. The predicted molar refractivity (Wildman–Crippen MR) is 116 cm³/mol. The van der Waals surface area contributed by atoms with Crippen molar-refractivity contribution in [1.29, 1.82) is 0 Å². The second-order valence-corrected chi connectivity index (χ2v) is 7.85. The van der Waals surface area contributed by atoms with Crippen molar-refractivity contribution in [3.8, 4) is 11.5 Å². The summed E-state index contributed by atoms with van der Waals surface area (Å²) in [4.78, 5) is 12.4. The quantitative estimate of drug-likeness (QED) is 0.450. The summed E-state index contributed by atoms with van der Waals surface area (Å²) in [5.41, 5.74) is 3.10. The van der Waals surface area contributed by atoms with E-state index in [2.05, 4.69) is 39.8 Å². The summed E-state index contributed by atoms with van der Waals surface area (Å²) in [6.45, 7) is 4.01. The fourth-order valence-electron chi connectivity index (χ4n) is 3.05. The first-order chi connectivity index (χ1) is 14.1. The number of fused-ring (bicyclic) bond motifs is 1. The second kappa shape index (κ2) is 8.49. The third-order valence-corrected chi connectivity index (χ3v) is 5.50. The Balaban J connectivity index is 1.34. The van der Waals surface area contributed by atoms with Gasteiger partial charge in [-0.15, -0.1) is 10.2 Å². The van der Waals surface area contributed by atoms with Crippen molar-refractivity contribution in [3.63, 3.8) is 0 Å². The van der Waals surface area contributed by atoms with Gasteiger partial charge in [-0.25, -0.2) is 0 Å². The number of carbonyl (C=O) groups is 1. The third kappa shape index (κ3) is 4.66. The summed E-state index contributed by atoms with van der Waals surface area (Å²) in [7, 11) is 0. The van der Waals surface area contributed by atoms with E-state index >= 15 is 0 Å². The maximum absolute atomic E-state index is 12.4. The van der Waals surface area contributed by atoms with Gasteiger partial charge in [-0.1, -0.05) is 65.9 Å². The van der Waals surface area contributed by atoms with E-state index in [0.717, 1.165) is 16.5 Å². The number of benzene rings is 3. The Hall–Kier alpha value is -3.12. The Kier molecular flexibility index (Phi) is 5.62. The van der Waals surface area contributed by atoms with Crippen molar-refractivity contribution in [2.24, 2.45) is 0 Å². The minimum Gasteiger partial charge on any atom is -0.411 e. The smallest absolute Gasteiger partial charge is 0.277 e. The van der Waals surface area contributed by atoms with Crippen LogP contribution in [0, 0.1) is 6.92 Å². The maximum Gasteiger partial charge on any atom is 0.277 e. The van der Waals surface area contributed by atoms with E-state index < -0.39 is 0 Å². The summed E-state index contributed by atoms with van der Waals surface area (Å²) >= 11 is 1.23. The van der Waals surface area contributed by atoms with Crippen LogP contribution in [0.5, 0.6) is 0 Å². The van der Waals surface area contributed by atoms with Crippen LogP contribution in [0.25, 0.3) is 22.2 Å².